The second-order valence-corrected chi connectivity index (χ2v) is 5.48. The van der Waals surface area contributed by atoms with Crippen LogP contribution < -0.4 is 10.4 Å². The van der Waals surface area contributed by atoms with Crippen LogP contribution in [0.15, 0.2) is 36.4 Å². The van der Waals surface area contributed by atoms with E-state index in [4.69, 9.17) is 34.8 Å². The molecule has 0 saturated heterocycles. The summed E-state index contributed by atoms with van der Waals surface area (Å²) in [5, 5.41) is 15.2. The second-order valence-electron chi connectivity index (χ2n) is 4.20. The molecule has 2 nitrogen and oxygen atoms in total. The summed E-state index contributed by atoms with van der Waals surface area (Å²) in [6.45, 7) is 1.31. The van der Waals surface area contributed by atoms with Crippen LogP contribution in [0, 0.1) is 0 Å². The van der Waals surface area contributed by atoms with Crippen LogP contribution in [0.4, 0.5) is 0 Å². The summed E-state index contributed by atoms with van der Waals surface area (Å²) in [5.41, 5.74) is 1.76. The Hall–Kier alpha value is -0.930. The lowest BCUT2D eigenvalue weighted by molar-refractivity contribution is -0.686. The smallest absolute Gasteiger partial charge is 0.101 e. The molecule has 0 amide bonds. The number of benzene rings is 2. The first-order valence-corrected chi connectivity index (χ1v) is 6.90. The fraction of sp³-hybridized carbons (Fsp3) is 0.143. The van der Waals surface area contributed by atoms with Crippen molar-refractivity contribution in [3.8, 4) is 5.75 Å². The SMILES string of the molecule is [O-]c1c(Cl)cc(Cl)cc1C[NH2+]Cc1ccc(Cl)cc1. The van der Waals surface area contributed by atoms with Gasteiger partial charge in [-0.25, -0.2) is 0 Å². The average molecular weight is 317 g/mol. The molecule has 2 aromatic rings. The zero-order valence-electron chi connectivity index (χ0n) is 10.00. The first-order valence-electron chi connectivity index (χ1n) is 5.77. The molecule has 0 aliphatic heterocycles. The number of hydrogen-bond donors (Lipinski definition) is 1. The normalized spacial score (nSPS) is 10.7. The molecule has 19 heavy (non-hydrogen) atoms. The second kappa shape index (κ2) is 6.49. The van der Waals surface area contributed by atoms with Gasteiger partial charge in [0.05, 0.1) is 0 Å². The molecule has 0 unspecified atom stereocenters. The van der Waals surface area contributed by atoms with Gasteiger partial charge in [0.25, 0.3) is 0 Å². The maximum Gasteiger partial charge on any atom is 0.101 e. The van der Waals surface area contributed by atoms with Crippen LogP contribution >= 0.6 is 34.8 Å². The van der Waals surface area contributed by atoms with Gasteiger partial charge in [-0.2, -0.15) is 0 Å². The highest BCUT2D eigenvalue weighted by atomic mass is 35.5. The van der Waals surface area contributed by atoms with Crippen molar-refractivity contribution in [2.24, 2.45) is 0 Å². The molecule has 2 N–H and O–H groups in total. The molecule has 100 valence electrons. The predicted octanol–water partition coefficient (Wildman–Crippen LogP) is 2.98. The zero-order valence-corrected chi connectivity index (χ0v) is 12.3. The van der Waals surface area contributed by atoms with Crippen LogP contribution in [0.2, 0.25) is 15.1 Å². The van der Waals surface area contributed by atoms with Crippen LogP contribution in [0.5, 0.6) is 5.75 Å². The van der Waals surface area contributed by atoms with Crippen molar-refractivity contribution in [2.75, 3.05) is 0 Å². The maximum atomic E-state index is 11.8. The fourth-order valence-electron chi connectivity index (χ4n) is 1.78. The standard InChI is InChI=1S/C14H12Cl3NO/c15-11-3-1-9(2-4-11)7-18-8-10-5-12(16)6-13(17)14(10)19/h1-6,18-19H,7-8H2. The Kier molecular flexibility index (Phi) is 4.94. The quantitative estimate of drug-likeness (QED) is 0.925. The molecule has 0 fully saturated rings. The molecule has 0 aliphatic carbocycles. The molecule has 0 atom stereocenters. The Morgan fingerprint density at radius 1 is 0.895 bits per heavy atom. The molecule has 0 heterocycles. The van der Waals surface area contributed by atoms with E-state index in [9.17, 15) is 5.11 Å². The van der Waals surface area contributed by atoms with Gasteiger partial charge in [0, 0.05) is 26.2 Å². The van der Waals surface area contributed by atoms with Crippen LogP contribution in [-0.2, 0) is 13.1 Å². The van der Waals surface area contributed by atoms with Crippen LogP contribution in [-0.4, -0.2) is 0 Å². The van der Waals surface area contributed by atoms with Crippen LogP contribution in [0.3, 0.4) is 0 Å². The van der Waals surface area contributed by atoms with Gasteiger partial charge in [-0.1, -0.05) is 52.7 Å². The lowest BCUT2D eigenvalue weighted by Gasteiger charge is -2.15. The molecule has 2 rings (SSSR count). The fourth-order valence-corrected chi connectivity index (χ4v) is 2.44. The van der Waals surface area contributed by atoms with Crippen molar-refractivity contribution < 1.29 is 10.4 Å². The number of nitrogens with two attached hydrogens (primary N) is 1. The van der Waals surface area contributed by atoms with Crippen LogP contribution in [0.1, 0.15) is 11.1 Å². The molecule has 0 bridgehead atoms. The minimum Gasteiger partial charge on any atom is -0.871 e. The molecular weight excluding hydrogens is 305 g/mol. The van der Waals surface area contributed by atoms with Crippen molar-refractivity contribution in [3.05, 3.63) is 62.6 Å². The Morgan fingerprint density at radius 3 is 2.26 bits per heavy atom. The number of quaternary nitrogens is 1. The third kappa shape index (κ3) is 4.02. The van der Waals surface area contributed by atoms with Crippen molar-refractivity contribution in [3.63, 3.8) is 0 Å². The maximum absolute atomic E-state index is 11.8. The summed E-state index contributed by atoms with van der Waals surface area (Å²) in [7, 11) is 0. The van der Waals surface area contributed by atoms with Crippen molar-refractivity contribution in [1.29, 1.82) is 0 Å². The van der Waals surface area contributed by atoms with Gasteiger partial charge in [0.2, 0.25) is 0 Å². The molecule has 0 aliphatic rings. The van der Waals surface area contributed by atoms with Gasteiger partial charge in [-0.15, -0.1) is 0 Å². The van der Waals surface area contributed by atoms with E-state index in [1.165, 1.54) is 6.07 Å². The van der Waals surface area contributed by atoms with Crippen LogP contribution in [0.25, 0.3) is 0 Å². The topological polar surface area (TPSA) is 39.7 Å². The highest BCUT2D eigenvalue weighted by molar-refractivity contribution is 6.35. The minimum absolute atomic E-state index is 0.154. The number of rotatable bonds is 4. The Balaban J connectivity index is 1.98. The van der Waals surface area contributed by atoms with Crippen molar-refractivity contribution in [1.82, 2.24) is 0 Å². The summed E-state index contributed by atoms with van der Waals surface area (Å²) >= 11 is 17.5. The molecule has 0 spiro atoms. The first kappa shape index (κ1) is 14.5. The lowest BCUT2D eigenvalue weighted by atomic mass is 10.2. The highest BCUT2D eigenvalue weighted by Gasteiger charge is 2.03. The number of hydrogen-bond acceptors (Lipinski definition) is 1. The highest BCUT2D eigenvalue weighted by Crippen LogP contribution is 2.28. The summed E-state index contributed by atoms with van der Waals surface area (Å²) in [6, 6.07) is 10.7. The predicted molar refractivity (Wildman–Crippen MR) is 76.7 cm³/mol. The molecule has 2 aromatic carbocycles. The van der Waals surface area contributed by atoms with E-state index >= 15 is 0 Å². The molecule has 0 saturated carbocycles. The monoisotopic (exact) mass is 315 g/mol. The van der Waals surface area contributed by atoms with Gasteiger partial charge in [0.15, 0.2) is 0 Å². The van der Waals surface area contributed by atoms with Crippen molar-refractivity contribution >= 4 is 34.8 Å². The van der Waals surface area contributed by atoms with E-state index in [0.717, 1.165) is 12.1 Å². The van der Waals surface area contributed by atoms with Gasteiger partial charge in [0.1, 0.15) is 13.1 Å². The zero-order chi connectivity index (χ0) is 13.8. The molecular formula is C14H12Cl3NO. The van der Waals surface area contributed by atoms with E-state index in [-0.39, 0.29) is 10.8 Å². The summed E-state index contributed by atoms with van der Waals surface area (Å²) in [6.07, 6.45) is 0. The molecule has 5 heteroatoms. The summed E-state index contributed by atoms with van der Waals surface area (Å²) in [5.74, 6) is -0.154. The van der Waals surface area contributed by atoms with E-state index in [0.29, 0.717) is 22.2 Å². The van der Waals surface area contributed by atoms with Crippen molar-refractivity contribution in [2.45, 2.75) is 13.1 Å². The first-order chi connectivity index (χ1) is 9.06. The minimum atomic E-state index is -0.154. The third-order valence-electron chi connectivity index (χ3n) is 2.74. The Bertz CT molecular complexity index is 570. The van der Waals surface area contributed by atoms with E-state index in [1.54, 1.807) is 6.07 Å². The van der Waals surface area contributed by atoms with E-state index < -0.39 is 0 Å². The summed E-state index contributed by atoms with van der Waals surface area (Å²) < 4.78 is 0. The van der Waals surface area contributed by atoms with Gasteiger partial charge >= 0.3 is 0 Å². The van der Waals surface area contributed by atoms with E-state index in [2.05, 4.69) is 0 Å². The van der Waals surface area contributed by atoms with Gasteiger partial charge < -0.3 is 10.4 Å². The summed E-state index contributed by atoms with van der Waals surface area (Å²) in [4.78, 5) is 0. The van der Waals surface area contributed by atoms with Gasteiger partial charge in [-0.05, 0) is 24.3 Å². The van der Waals surface area contributed by atoms with E-state index in [1.807, 2.05) is 29.6 Å². The Morgan fingerprint density at radius 2 is 1.58 bits per heavy atom. The molecule has 0 aromatic heterocycles. The number of halogens is 3. The lowest BCUT2D eigenvalue weighted by Crippen LogP contribution is -2.80. The van der Waals surface area contributed by atoms with Gasteiger partial charge in [-0.3, -0.25) is 0 Å². The largest absolute Gasteiger partial charge is 0.871 e. The molecule has 0 radical (unpaired) electrons. The Labute approximate surface area is 126 Å². The third-order valence-corrected chi connectivity index (χ3v) is 3.49. The average Bonchev–Trinajstić information content (AvgIpc) is 2.37.